The second kappa shape index (κ2) is 5.19. The van der Waals surface area contributed by atoms with Gasteiger partial charge in [0.05, 0.1) is 26.8 Å². The van der Waals surface area contributed by atoms with Gasteiger partial charge in [-0.2, -0.15) is 0 Å². The number of nitrogens with one attached hydrogen (secondary N) is 2. The van der Waals surface area contributed by atoms with Crippen molar-refractivity contribution in [3.8, 4) is 0 Å². The Hall–Kier alpha value is -1.97. The molecule has 1 aromatic heterocycles. The minimum atomic E-state index is -0.331. The van der Waals surface area contributed by atoms with E-state index < -0.39 is 0 Å². The Bertz CT molecular complexity index is 775. The van der Waals surface area contributed by atoms with Crippen molar-refractivity contribution in [3.63, 3.8) is 0 Å². The first-order valence-corrected chi connectivity index (χ1v) is 6.74. The fourth-order valence-corrected chi connectivity index (χ4v) is 2.66. The van der Waals surface area contributed by atoms with E-state index in [9.17, 15) is 4.79 Å². The van der Waals surface area contributed by atoms with Crippen LogP contribution in [0.1, 0.15) is 10.4 Å². The molecule has 5 heteroatoms. The lowest BCUT2D eigenvalue weighted by atomic mass is 10.2. The summed E-state index contributed by atoms with van der Waals surface area (Å²) in [6.07, 6.45) is 1.82. The lowest BCUT2D eigenvalue weighted by molar-refractivity contribution is 0.102. The number of para-hydroxylation sites is 1. The van der Waals surface area contributed by atoms with Gasteiger partial charge in [-0.1, -0.05) is 41.4 Å². The van der Waals surface area contributed by atoms with Crippen molar-refractivity contribution in [1.29, 1.82) is 0 Å². The fraction of sp³-hybridized carbons (Fsp3) is 0. The Balaban J connectivity index is 1.99. The number of aromatic nitrogens is 1. The highest BCUT2D eigenvalue weighted by molar-refractivity contribution is 6.40. The Kier molecular flexibility index (Phi) is 3.38. The van der Waals surface area contributed by atoms with E-state index in [1.54, 1.807) is 18.2 Å². The number of fused-ring (bicyclic) bond motifs is 1. The van der Waals surface area contributed by atoms with Crippen LogP contribution in [-0.2, 0) is 0 Å². The molecular formula is C15H10Cl2N2O. The summed E-state index contributed by atoms with van der Waals surface area (Å²) in [6, 6.07) is 12.6. The standard InChI is InChI=1S/C15H10Cl2N2O/c16-10-4-2-5-11(17)13(10)15(20)19-12-6-1-3-9-7-8-18-14(9)12/h1-8,18H,(H,19,20). The van der Waals surface area contributed by atoms with E-state index >= 15 is 0 Å². The number of carbonyl (C=O) groups is 1. The van der Waals surface area contributed by atoms with E-state index in [4.69, 9.17) is 23.2 Å². The van der Waals surface area contributed by atoms with Crippen LogP contribution in [-0.4, -0.2) is 10.9 Å². The van der Waals surface area contributed by atoms with Gasteiger partial charge in [0.1, 0.15) is 0 Å². The first-order chi connectivity index (χ1) is 9.66. The molecule has 0 fully saturated rings. The summed E-state index contributed by atoms with van der Waals surface area (Å²) in [7, 11) is 0. The monoisotopic (exact) mass is 304 g/mol. The minimum Gasteiger partial charge on any atom is -0.359 e. The number of benzene rings is 2. The maximum absolute atomic E-state index is 12.3. The average Bonchev–Trinajstić information content (AvgIpc) is 2.88. The summed E-state index contributed by atoms with van der Waals surface area (Å²) in [5, 5.41) is 4.51. The topological polar surface area (TPSA) is 44.9 Å². The van der Waals surface area contributed by atoms with Crippen molar-refractivity contribution in [3.05, 3.63) is 64.3 Å². The molecule has 0 unspecified atom stereocenters. The van der Waals surface area contributed by atoms with Crippen LogP contribution in [0, 0.1) is 0 Å². The van der Waals surface area contributed by atoms with E-state index in [1.165, 1.54) is 0 Å². The van der Waals surface area contributed by atoms with Crippen molar-refractivity contribution in [2.75, 3.05) is 5.32 Å². The van der Waals surface area contributed by atoms with Crippen LogP contribution in [0.2, 0.25) is 10.0 Å². The van der Waals surface area contributed by atoms with Crippen molar-refractivity contribution >= 4 is 45.7 Å². The number of hydrogen-bond donors (Lipinski definition) is 2. The van der Waals surface area contributed by atoms with Gasteiger partial charge in [0.15, 0.2) is 0 Å². The van der Waals surface area contributed by atoms with Crippen LogP contribution >= 0.6 is 23.2 Å². The van der Waals surface area contributed by atoms with Crippen LogP contribution in [0.15, 0.2) is 48.7 Å². The summed E-state index contributed by atoms with van der Waals surface area (Å²) < 4.78 is 0. The van der Waals surface area contributed by atoms with Gasteiger partial charge in [-0.15, -0.1) is 0 Å². The predicted octanol–water partition coefficient (Wildman–Crippen LogP) is 4.73. The summed E-state index contributed by atoms with van der Waals surface area (Å²) in [4.78, 5) is 15.4. The van der Waals surface area contributed by atoms with Gasteiger partial charge in [0.25, 0.3) is 5.91 Å². The first-order valence-electron chi connectivity index (χ1n) is 5.98. The number of halogens is 2. The third-order valence-electron chi connectivity index (χ3n) is 3.03. The third kappa shape index (κ3) is 2.26. The van der Waals surface area contributed by atoms with Crippen LogP contribution in [0.25, 0.3) is 10.9 Å². The summed E-state index contributed by atoms with van der Waals surface area (Å²) >= 11 is 12.1. The van der Waals surface area contributed by atoms with E-state index in [1.807, 2.05) is 30.5 Å². The van der Waals surface area contributed by atoms with Crippen LogP contribution in [0.3, 0.4) is 0 Å². The van der Waals surface area contributed by atoms with Crippen LogP contribution in [0.4, 0.5) is 5.69 Å². The molecule has 1 heterocycles. The highest BCUT2D eigenvalue weighted by atomic mass is 35.5. The molecule has 3 aromatic rings. The molecule has 20 heavy (non-hydrogen) atoms. The molecule has 3 rings (SSSR count). The van der Waals surface area contributed by atoms with Gasteiger partial charge >= 0.3 is 0 Å². The zero-order valence-electron chi connectivity index (χ0n) is 10.3. The van der Waals surface area contributed by atoms with Gasteiger partial charge in [-0.05, 0) is 24.3 Å². The predicted molar refractivity (Wildman–Crippen MR) is 82.7 cm³/mol. The van der Waals surface area contributed by atoms with E-state index in [0.717, 1.165) is 10.9 Å². The van der Waals surface area contributed by atoms with E-state index in [-0.39, 0.29) is 11.5 Å². The van der Waals surface area contributed by atoms with Gasteiger partial charge in [0, 0.05) is 11.6 Å². The number of carbonyl (C=O) groups excluding carboxylic acids is 1. The van der Waals surface area contributed by atoms with E-state index in [2.05, 4.69) is 10.3 Å². The smallest absolute Gasteiger partial charge is 0.258 e. The second-order valence-electron chi connectivity index (χ2n) is 4.30. The lowest BCUT2D eigenvalue weighted by Gasteiger charge is -2.09. The summed E-state index contributed by atoms with van der Waals surface area (Å²) in [5.41, 5.74) is 1.83. The lowest BCUT2D eigenvalue weighted by Crippen LogP contribution is -2.13. The summed E-state index contributed by atoms with van der Waals surface area (Å²) in [6.45, 7) is 0. The normalized spacial score (nSPS) is 10.7. The molecule has 2 N–H and O–H groups in total. The SMILES string of the molecule is O=C(Nc1cccc2cc[nH]c12)c1c(Cl)cccc1Cl. The largest absolute Gasteiger partial charge is 0.359 e. The molecular weight excluding hydrogens is 295 g/mol. The third-order valence-corrected chi connectivity index (χ3v) is 3.66. The quantitative estimate of drug-likeness (QED) is 0.706. The molecule has 0 radical (unpaired) electrons. The number of amides is 1. The van der Waals surface area contributed by atoms with Gasteiger partial charge in [-0.3, -0.25) is 4.79 Å². The molecule has 0 bridgehead atoms. The molecule has 100 valence electrons. The molecule has 0 aliphatic rings. The van der Waals surface area contributed by atoms with Crippen LogP contribution < -0.4 is 5.32 Å². The first kappa shape index (κ1) is 13.0. The van der Waals surface area contributed by atoms with Gasteiger partial charge < -0.3 is 10.3 Å². The molecule has 0 atom stereocenters. The maximum Gasteiger partial charge on any atom is 0.258 e. The number of rotatable bonds is 2. The molecule has 0 aliphatic heterocycles. The highest BCUT2D eigenvalue weighted by Gasteiger charge is 2.15. The van der Waals surface area contributed by atoms with Crippen molar-refractivity contribution in [1.82, 2.24) is 4.98 Å². The van der Waals surface area contributed by atoms with Gasteiger partial charge in [0.2, 0.25) is 0 Å². The number of H-pyrrole nitrogens is 1. The number of anilines is 1. The second-order valence-corrected chi connectivity index (χ2v) is 5.11. The molecule has 0 saturated heterocycles. The molecule has 0 aliphatic carbocycles. The molecule has 3 nitrogen and oxygen atoms in total. The van der Waals surface area contributed by atoms with Crippen molar-refractivity contribution < 1.29 is 4.79 Å². The number of hydrogen-bond acceptors (Lipinski definition) is 1. The minimum absolute atomic E-state index is 0.277. The van der Waals surface area contributed by atoms with Gasteiger partial charge in [-0.25, -0.2) is 0 Å². The fourth-order valence-electron chi connectivity index (χ4n) is 2.09. The Labute approximate surface area is 125 Å². The molecule has 0 saturated carbocycles. The Morgan fingerprint density at radius 3 is 2.45 bits per heavy atom. The number of aromatic amines is 1. The molecule has 0 spiro atoms. The van der Waals surface area contributed by atoms with Crippen molar-refractivity contribution in [2.24, 2.45) is 0 Å². The Morgan fingerprint density at radius 2 is 1.70 bits per heavy atom. The Morgan fingerprint density at radius 1 is 1.00 bits per heavy atom. The van der Waals surface area contributed by atoms with Crippen LogP contribution in [0.5, 0.6) is 0 Å². The zero-order chi connectivity index (χ0) is 14.1. The van der Waals surface area contributed by atoms with E-state index in [0.29, 0.717) is 15.7 Å². The maximum atomic E-state index is 12.3. The molecule has 2 aromatic carbocycles. The highest BCUT2D eigenvalue weighted by Crippen LogP contribution is 2.27. The molecule has 1 amide bonds. The summed E-state index contributed by atoms with van der Waals surface area (Å²) in [5.74, 6) is -0.331. The van der Waals surface area contributed by atoms with Crippen molar-refractivity contribution in [2.45, 2.75) is 0 Å². The zero-order valence-corrected chi connectivity index (χ0v) is 11.8. The average molecular weight is 305 g/mol.